The van der Waals surface area contributed by atoms with Gasteiger partial charge in [-0.25, -0.2) is 0 Å². The van der Waals surface area contributed by atoms with Crippen molar-refractivity contribution in [2.45, 2.75) is 182 Å². The molecule has 3 aromatic rings. The van der Waals surface area contributed by atoms with Crippen molar-refractivity contribution in [1.29, 1.82) is 0 Å². The van der Waals surface area contributed by atoms with Gasteiger partial charge < -0.3 is 15.3 Å². The highest BCUT2D eigenvalue weighted by Crippen LogP contribution is 2.48. The number of benzene rings is 3. The molecule has 3 aromatic carbocycles. The molecule has 1 atom stereocenters. The van der Waals surface area contributed by atoms with Gasteiger partial charge in [-0.1, -0.05) is 168 Å². The summed E-state index contributed by atoms with van der Waals surface area (Å²) in [5.74, 6) is 1.29. The van der Waals surface area contributed by atoms with Crippen molar-refractivity contribution in [2.24, 2.45) is 0 Å². The first-order chi connectivity index (χ1) is 21.8. The highest BCUT2D eigenvalue weighted by Gasteiger charge is 2.34. The number of hydrogen-bond donors (Lipinski definition) is 3. The zero-order valence-electron chi connectivity index (χ0n) is 34.7. The van der Waals surface area contributed by atoms with E-state index in [0.29, 0.717) is 17.2 Å². The largest absolute Gasteiger partial charge is 0.507 e. The summed E-state index contributed by atoms with van der Waals surface area (Å²) >= 11 is 0. The molecule has 0 aliphatic carbocycles. The molecule has 0 fully saturated rings. The molecule has 0 saturated heterocycles. The van der Waals surface area contributed by atoms with Crippen LogP contribution in [0.25, 0.3) is 0 Å². The van der Waals surface area contributed by atoms with Gasteiger partial charge in [-0.2, -0.15) is 0 Å². The summed E-state index contributed by atoms with van der Waals surface area (Å²) in [6.07, 6.45) is 0.813. The van der Waals surface area contributed by atoms with Gasteiger partial charge in [0.05, 0.1) is 0 Å². The standard InChI is InChI=1S/C46H70O3/c1-27(28-21-32(41(2,3)4)38(47)33(22-28)42(5,6)7)20-31(29-23-34(43(8,9)10)39(48)35(24-29)44(11,12)13)30-25-36(45(14,15)16)40(49)37(26-30)46(17,18)19/h21-27,31,47-49H,20H2,1-19H3. The molecule has 3 nitrogen and oxygen atoms in total. The summed E-state index contributed by atoms with van der Waals surface area (Å²) in [6.45, 7) is 41.4. The predicted molar refractivity (Wildman–Crippen MR) is 211 cm³/mol. The van der Waals surface area contributed by atoms with Crippen LogP contribution < -0.4 is 0 Å². The van der Waals surface area contributed by atoms with Crippen molar-refractivity contribution in [3.8, 4) is 17.2 Å². The topological polar surface area (TPSA) is 60.7 Å². The average Bonchev–Trinajstić information content (AvgIpc) is 2.88. The van der Waals surface area contributed by atoms with Crippen LogP contribution in [0.15, 0.2) is 36.4 Å². The summed E-state index contributed by atoms with van der Waals surface area (Å²) in [4.78, 5) is 0. The fourth-order valence-corrected chi connectivity index (χ4v) is 7.04. The molecule has 0 aromatic heterocycles. The monoisotopic (exact) mass is 671 g/mol. The second-order valence-corrected chi connectivity index (χ2v) is 21.1. The van der Waals surface area contributed by atoms with Crippen LogP contribution in [-0.4, -0.2) is 15.3 Å². The number of rotatable bonds is 5. The lowest BCUT2D eigenvalue weighted by molar-refractivity contribution is 0.421. The molecule has 3 rings (SSSR count). The van der Waals surface area contributed by atoms with Gasteiger partial charge in [-0.05, 0) is 94.9 Å². The summed E-state index contributed by atoms with van der Waals surface area (Å²) in [5, 5.41) is 35.0. The average molecular weight is 671 g/mol. The van der Waals surface area contributed by atoms with Gasteiger partial charge >= 0.3 is 0 Å². The number of aromatic hydroxyl groups is 3. The molecule has 272 valence electrons. The molecule has 0 aliphatic rings. The smallest absolute Gasteiger partial charge is 0.123 e. The van der Waals surface area contributed by atoms with Crippen LogP contribution in [0.1, 0.15) is 200 Å². The summed E-state index contributed by atoms with van der Waals surface area (Å²) in [6, 6.07) is 13.4. The lowest BCUT2D eigenvalue weighted by atomic mass is 9.71. The van der Waals surface area contributed by atoms with Crippen molar-refractivity contribution in [3.05, 3.63) is 86.5 Å². The minimum atomic E-state index is -0.265. The van der Waals surface area contributed by atoms with Crippen LogP contribution >= 0.6 is 0 Å². The number of hydrogen-bond acceptors (Lipinski definition) is 3. The van der Waals surface area contributed by atoms with Gasteiger partial charge in [-0.3, -0.25) is 0 Å². The maximum atomic E-state index is 11.7. The van der Waals surface area contributed by atoms with E-state index in [1.54, 1.807) is 0 Å². The van der Waals surface area contributed by atoms with Gasteiger partial charge in [0, 0.05) is 5.92 Å². The molecule has 3 N–H and O–H groups in total. The fraction of sp³-hybridized carbons (Fsp3) is 0.609. The quantitative estimate of drug-likeness (QED) is 0.253. The van der Waals surface area contributed by atoms with E-state index in [1.807, 2.05) is 0 Å². The Morgan fingerprint density at radius 2 is 0.551 bits per heavy atom. The molecule has 0 saturated carbocycles. The molecular formula is C46H70O3. The van der Waals surface area contributed by atoms with E-state index >= 15 is 0 Å². The normalized spacial score (nSPS) is 14.4. The molecule has 0 radical (unpaired) electrons. The van der Waals surface area contributed by atoms with Crippen LogP contribution in [0.4, 0.5) is 0 Å². The van der Waals surface area contributed by atoms with Gasteiger partial charge in [0.25, 0.3) is 0 Å². The Kier molecular flexibility index (Phi) is 10.7. The Hall–Kier alpha value is -2.94. The second kappa shape index (κ2) is 13.0. The maximum Gasteiger partial charge on any atom is 0.123 e. The van der Waals surface area contributed by atoms with E-state index < -0.39 is 0 Å². The third-order valence-corrected chi connectivity index (χ3v) is 10.2. The van der Waals surface area contributed by atoms with E-state index in [-0.39, 0.29) is 44.3 Å². The van der Waals surface area contributed by atoms with Gasteiger partial charge in [0.2, 0.25) is 0 Å². The zero-order valence-corrected chi connectivity index (χ0v) is 34.7. The Bertz CT molecular complexity index is 1480. The summed E-state index contributed by atoms with van der Waals surface area (Å²) in [7, 11) is 0. The fourth-order valence-electron chi connectivity index (χ4n) is 7.04. The molecule has 49 heavy (non-hydrogen) atoms. The van der Waals surface area contributed by atoms with Gasteiger partial charge in [-0.15, -0.1) is 0 Å². The minimum Gasteiger partial charge on any atom is -0.507 e. The third kappa shape index (κ3) is 8.87. The molecule has 0 heterocycles. The van der Waals surface area contributed by atoms with Crippen LogP contribution in [0.3, 0.4) is 0 Å². The van der Waals surface area contributed by atoms with Gasteiger partial charge in [0.1, 0.15) is 17.2 Å². The molecule has 1 unspecified atom stereocenters. The number of phenolic OH excluding ortho intramolecular Hbond substituents is 3. The molecule has 0 bridgehead atoms. The lowest BCUT2D eigenvalue weighted by Gasteiger charge is -2.33. The summed E-state index contributed by atoms with van der Waals surface area (Å²) < 4.78 is 0. The second-order valence-electron chi connectivity index (χ2n) is 21.1. The van der Waals surface area contributed by atoms with E-state index in [0.717, 1.165) is 39.8 Å². The first kappa shape index (κ1) is 40.5. The van der Waals surface area contributed by atoms with Crippen LogP contribution in [0, 0.1) is 0 Å². The Morgan fingerprint density at radius 3 is 0.735 bits per heavy atom. The van der Waals surface area contributed by atoms with Crippen LogP contribution in [0.5, 0.6) is 17.2 Å². The SMILES string of the molecule is CC(CC(c1cc(C(C)(C)C)c(O)c(C(C)(C)C)c1)c1cc(C(C)(C)C)c(O)c(C(C)(C)C)c1)c1cc(C(C)(C)C)c(O)c(C(C)(C)C)c1. The van der Waals surface area contributed by atoms with E-state index in [2.05, 4.69) is 168 Å². The first-order valence-electron chi connectivity index (χ1n) is 18.4. The molecule has 0 spiro atoms. The Labute approximate surface area is 300 Å². The van der Waals surface area contributed by atoms with E-state index in [9.17, 15) is 15.3 Å². The Morgan fingerprint density at radius 1 is 0.367 bits per heavy atom. The Balaban J connectivity index is 2.49. The van der Waals surface area contributed by atoms with Crippen molar-refractivity contribution in [1.82, 2.24) is 0 Å². The number of phenols is 3. The molecular weight excluding hydrogens is 601 g/mol. The van der Waals surface area contributed by atoms with Crippen LogP contribution in [0.2, 0.25) is 0 Å². The maximum absolute atomic E-state index is 11.7. The molecule has 3 heteroatoms. The summed E-state index contributed by atoms with van der Waals surface area (Å²) in [5.41, 5.74) is 7.82. The lowest BCUT2D eigenvalue weighted by Crippen LogP contribution is -2.21. The van der Waals surface area contributed by atoms with Gasteiger partial charge in [0.15, 0.2) is 0 Å². The zero-order chi connectivity index (χ0) is 38.0. The first-order valence-corrected chi connectivity index (χ1v) is 18.4. The third-order valence-electron chi connectivity index (χ3n) is 10.2. The predicted octanol–water partition coefficient (Wildman–Crippen LogP) is 12.9. The van der Waals surface area contributed by atoms with E-state index in [1.165, 1.54) is 16.7 Å². The van der Waals surface area contributed by atoms with Crippen molar-refractivity contribution in [2.75, 3.05) is 0 Å². The van der Waals surface area contributed by atoms with Crippen molar-refractivity contribution >= 4 is 0 Å². The highest BCUT2D eigenvalue weighted by molar-refractivity contribution is 5.56. The van der Waals surface area contributed by atoms with Crippen LogP contribution in [-0.2, 0) is 32.5 Å². The molecule has 0 amide bonds. The highest BCUT2D eigenvalue weighted by atomic mass is 16.3. The molecule has 0 aliphatic heterocycles. The van der Waals surface area contributed by atoms with E-state index in [4.69, 9.17) is 0 Å². The van der Waals surface area contributed by atoms with Crippen molar-refractivity contribution in [3.63, 3.8) is 0 Å². The van der Waals surface area contributed by atoms with Crippen molar-refractivity contribution < 1.29 is 15.3 Å². The minimum absolute atomic E-state index is 0.0226.